The fourth-order valence-electron chi connectivity index (χ4n) is 2.64. The van der Waals surface area contributed by atoms with Gasteiger partial charge in [-0.05, 0) is 39.7 Å². The highest BCUT2D eigenvalue weighted by molar-refractivity contribution is 7.89. The van der Waals surface area contributed by atoms with Crippen molar-refractivity contribution in [2.24, 2.45) is 0 Å². The first kappa shape index (κ1) is 16.2. The van der Waals surface area contributed by atoms with Gasteiger partial charge in [-0.15, -0.1) is 0 Å². The van der Waals surface area contributed by atoms with Gasteiger partial charge in [-0.3, -0.25) is 0 Å². The van der Waals surface area contributed by atoms with Crippen LogP contribution in [0.25, 0.3) is 0 Å². The topological polar surface area (TPSA) is 107 Å². The van der Waals surface area contributed by atoms with Crippen LogP contribution in [0, 0.1) is 20.8 Å². The molecule has 126 valence electrons. The molecule has 1 aliphatic rings. The van der Waals surface area contributed by atoms with Gasteiger partial charge in [0, 0.05) is 6.54 Å². The van der Waals surface area contributed by atoms with Gasteiger partial charge < -0.3 is 13.7 Å². The number of aryl methyl sites for hydroxylation is 3. The second-order valence-corrected chi connectivity index (χ2v) is 7.37. The van der Waals surface area contributed by atoms with E-state index >= 15 is 0 Å². The molecule has 1 saturated heterocycles. The number of nitrogens with one attached hydrogen (secondary N) is 1. The van der Waals surface area contributed by atoms with E-state index in [-0.39, 0.29) is 23.6 Å². The fourth-order valence-corrected chi connectivity index (χ4v) is 3.94. The number of hydrogen-bond acceptors (Lipinski definition) is 7. The van der Waals surface area contributed by atoms with Gasteiger partial charge in [-0.1, -0.05) is 5.16 Å². The third kappa shape index (κ3) is 3.46. The number of ether oxygens (including phenoxy) is 1. The van der Waals surface area contributed by atoms with Crippen molar-refractivity contribution < 1.29 is 22.1 Å². The minimum absolute atomic E-state index is 0.164. The Morgan fingerprint density at radius 1 is 1.30 bits per heavy atom. The molecular weight excluding hydrogens is 322 g/mol. The molecule has 0 bridgehead atoms. The van der Waals surface area contributed by atoms with Gasteiger partial charge in [-0.25, -0.2) is 13.1 Å². The molecular formula is C14H19N3O5S. The van der Waals surface area contributed by atoms with Crippen molar-refractivity contribution in [3.8, 4) is 0 Å². The molecule has 8 nitrogen and oxygen atoms in total. The molecule has 0 aliphatic carbocycles. The van der Waals surface area contributed by atoms with Crippen molar-refractivity contribution in [3.05, 3.63) is 29.3 Å². The lowest BCUT2D eigenvalue weighted by molar-refractivity contribution is 0.0290. The number of sulfonamides is 1. The Hall–Kier alpha value is -1.71. The molecule has 0 aromatic carbocycles. The van der Waals surface area contributed by atoms with Gasteiger partial charge in [0.05, 0.1) is 6.10 Å². The van der Waals surface area contributed by atoms with Crippen LogP contribution in [0.4, 0.5) is 0 Å². The van der Waals surface area contributed by atoms with Crippen LogP contribution in [0.1, 0.15) is 42.2 Å². The van der Waals surface area contributed by atoms with E-state index in [1.165, 1.54) is 6.07 Å². The predicted octanol–water partition coefficient (Wildman–Crippen LogP) is 1.79. The van der Waals surface area contributed by atoms with Crippen molar-refractivity contribution >= 4 is 10.0 Å². The zero-order valence-corrected chi connectivity index (χ0v) is 14.0. The maximum absolute atomic E-state index is 12.3. The van der Waals surface area contributed by atoms with E-state index in [2.05, 4.69) is 14.9 Å². The Labute approximate surface area is 134 Å². The van der Waals surface area contributed by atoms with Gasteiger partial charge in [0.2, 0.25) is 10.0 Å². The van der Waals surface area contributed by atoms with E-state index in [0.29, 0.717) is 23.2 Å². The van der Waals surface area contributed by atoms with Gasteiger partial charge in [-0.2, -0.15) is 4.98 Å². The molecule has 1 N–H and O–H groups in total. The van der Waals surface area contributed by atoms with Gasteiger partial charge in [0.25, 0.3) is 5.89 Å². The third-order valence-corrected chi connectivity index (χ3v) is 5.24. The van der Waals surface area contributed by atoms with Crippen molar-refractivity contribution in [1.82, 2.24) is 14.9 Å². The molecule has 0 radical (unpaired) electrons. The Morgan fingerprint density at radius 2 is 2.09 bits per heavy atom. The first-order valence-corrected chi connectivity index (χ1v) is 8.86. The smallest absolute Gasteiger partial charge is 0.255 e. The highest BCUT2D eigenvalue weighted by Gasteiger charge is 2.31. The Kier molecular flexibility index (Phi) is 4.26. The molecule has 0 amide bonds. The first-order valence-electron chi connectivity index (χ1n) is 7.37. The van der Waals surface area contributed by atoms with Crippen molar-refractivity contribution in [2.75, 3.05) is 6.54 Å². The lowest BCUT2D eigenvalue weighted by Crippen LogP contribution is -2.32. The summed E-state index contributed by atoms with van der Waals surface area (Å²) < 4.78 is 43.3. The summed E-state index contributed by atoms with van der Waals surface area (Å²) in [5.41, 5.74) is 0. The summed E-state index contributed by atoms with van der Waals surface area (Å²) in [4.78, 5) is 4.31. The Balaban J connectivity index is 1.60. The standard InChI is InChI=1S/C14H19N3O5S/c1-8-6-13(9(2)20-8)23(18,19)15-7-11-4-5-12(21-11)14-16-10(3)17-22-14/h6,11-12,15H,4-5,7H2,1-3H3/t11-,12+/m1/s1. The molecule has 2 atom stereocenters. The minimum Gasteiger partial charge on any atom is -0.465 e. The van der Waals surface area contributed by atoms with Crippen LogP contribution < -0.4 is 4.72 Å². The summed E-state index contributed by atoms with van der Waals surface area (Å²) in [6, 6.07) is 1.51. The van der Waals surface area contributed by atoms with Crippen LogP contribution in [0.2, 0.25) is 0 Å². The molecule has 2 aromatic rings. The summed E-state index contributed by atoms with van der Waals surface area (Å²) in [5.74, 6) is 1.93. The fraction of sp³-hybridized carbons (Fsp3) is 0.571. The SMILES string of the molecule is Cc1noc([C@@H]2CC[C@H](CNS(=O)(=O)c3cc(C)oc3C)O2)n1. The number of furan rings is 1. The summed E-state index contributed by atoms with van der Waals surface area (Å²) in [6.07, 6.45) is 0.939. The van der Waals surface area contributed by atoms with Crippen LogP contribution in [-0.2, 0) is 14.8 Å². The molecule has 3 rings (SSSR count). The normalized spacial score (nSPS) is 21.9. The molecule has 0 saturated carbocycles. The van der Waals surface area contributed by atoms with Crippen molar-refractivity contribution in [1.29, 1.82) is 0 Å². The zero-order valence-electron chi connectivity index (χ0n) is 13.2. The molecule has 23 heavy (non-hydrogen) atoms. The van der Waals surface area contributed by atoms with E-state index in [1.54, 1.807) is 20.8 Å². The molecule has 0 unspecified atom stereocenters. The van der Waals surface area contributed by atoms with Crippen LogP contribution in [0.3, 0.4) is 0 Å². The highest BCUT2D eigenvalue weighted by atomic mass is 32.2. The zero-order chi connectivity index (χ0) is 16.6. The second kappa shape index (κ2) is 6.06. The van der Waals surface area contributed by atoms with Gasteiger partial charge in [0.15, 0.2) is 5.82 Å². The summed E-state index contributed by atoms with van der Waals surface area (Å²) in [6.45, 7) is 5.27. The van der Waals surface area contributed by atoms with E-state index in [0.717, 1.165) is 12.8 Å². The van der Waals surface area contributed by atoms with E-state index in [9.17, 15) is 8.42 Å². The van der Waals surface area contributed by atoms with Crippen molar-refractivity contribution in [2.45, 2.75) is 50.7 Å². The lowest BCUT2D eigenvalue weighted by Gasteiger charge is -2.12. The largest absolute Gasteiger partial charge is 0.465 e. The second-order valence-electron chi connectivity index (χ2n) is 5.63. The van der Waals surface area contributed by atoms with Gasteiger partial charge in [0.1, 0.15) is 22.5 Å². The minimum atomic E-state index is -3.61. The van der Waals surface area contributed by atoms with Crippen molar-refractivity contribution in [3.63, 3.8) is 0 Å². The average Bonchev–Trinajstić information content (AvgIpc) is 3.17. The Bertz CT molecular complexity index is 795. The highest BCUT2D eigenvalue weighted by Crippen LogP contribution is 2.31. The summed E-state index contributed by atoms with van der Waals surface area (Å²) >= 11 is 0. The molecule has 2 aromatic heterocycles. The van der Waals surface area contributed by atoms with E-state index in [4.69, 9.17) is 13.7 Å². The average molecular weight is 341 g/mol. The quantitative estimate of drug-likeness (QED) is 0.883. The molecule has 3 heterocycles. The number of hydrogen-bond donors (Lipinski definition) is 1. The third-order valence-electron chi connectivity index (χ3n) is 3.71. The van der Waals surface area contributed by atoms with Crippen LogP contribution in [0.5, 0.6) is 0 Å². The number of rotatable bonds is 5. The van der Waals surface area contributed by atoms with Gasteiger partial charge >= 0.3 is 0 Å². The number of aromatic nitrogens is 2. The molecule has 1 aliphatic heterocycles. The van der Waals surface area contributed by atoms with Crippen LogP contribution in [0.15, 0.2) is 19.9 Å². The van der Waals surface area contributed by atoms with E-state index < -0.39 is 10.0 Å². The maximum Gasteiger partial charge on any atom is 0.255 e. The van der Waals surface area contributed by atoms with E-state index in [1.807, 2.05) is 0 Å². The molecule has 1 fully saturated rings. The monoisotopic (exact) mass is 341 g/mol. The number of nitrogens with zero attached hydrogens (tertiary/aromatic N) is 2. The summed E-state index contributed by atoms with van der Waals surface area (Å²) in [5, 5.41) is 3.74. The maximum atomic E-state index is 12.3. The summed E-state index contributed by atoms with van der Waals surface area (Å²) in [7, 11) is -3.61. The van der Waals surface area contributed by atoms with Crippen LogP contribution >= 0.6 is 0 Å². The molecule has 0 spiro atoms. The van der Waals surface area contributed by atoms with Crippen LogP contribution in [-0.4, -0.2) is 31.2 Å². The predicted molar refractivity (Wildman–Crippen MR) is 79.3 cm³/mol. The Morgan fingerprint density at radius 3 is 2.70 bits per heavy atom. The molecule has 9 heteroatoms. The lowest BCUT2D eigenvalue weighted by atomic mass is 10.2. The first-order chi connectivity index (χ1) is 10.8.